The van der Waals surface area contributed by atoms with E-state index < -0.39 is 0 Å². The Morgan fingerprint density at radius 2 is 2.18 bits per heavy atom. The molecule has 0 saturated carbocycles. The van der Waals surface area contributed by atoms with E-state index in [0.29, 0.717) is 24.2 Å². The van der Waals surface area contributed by atoms with Crippen molar-refractivity contribution in [2.24, 2.45) is 11.7 Å². The molecule has 2 rings (SSSR count). The number of carbonyl (C=O) groups excluding carboxylic acids is 1. The van der Waals surface area contributed by atoms with Crippen LogP contribution in [0.15, 0.2) is 33.2 Å². The Morgan fingerprint density at radius 1 is 1.41 bits per heavy atom. The molecule has 0 bridgehead atoms. The van der Waals surface area contributed by atoms with Gasteiger partial charge >= 0.3 is 0 Å². The van der Waals surface area contributed by atoms with E-state index in [2.05, 4.69) is 40.0 Å². The molecule has 0 spiro atoms. The fourth-order valence-corrected chi connectivity index (χ4v) is 2.57. The number of carbonyl (C=O) groups is 1. The van der Waals surface area contributed by atoms with Crippen LogP contribution in [0.3, 0.4) is 0 Å². The molecule has 1 aromatic heterocycles. The predicted octanol–water partition coefficient (Wildman–Crippen LogP) is 2.44. The Labute approximate surface area is 137 Å². The molecule has 0 radical (unpaired) electrons. The van der Waals surface area contributed by atoms with Gasteiger partial charge in [-0.05, 0) is 24.1 Å². The third-order valence-corrected chi connectivity index (χ3v) is 3.39. The lowest BCUT2D eigenvalue weighted by atomic mass is 10.2. The number of amides is 1. The van der Waals surface area contributed by atoms with Crippen molar-refractivity contribution in [3.63, 3.8) is 0 Å². The molecule has 1 aromatic carbocycles. The van der Waals surface area contributed by atoms with Gasteiger partial charge in [0.05, 0.1) is 13.1 Å². The highest BCUT2D eigenvalue weighted by atomic mass is 79.9. The van der Waals surface area contributed by atoms with Crippen molar-refractivity contribution in [1.82, 2.24) is 15.1 Å². The quantitative estimate of drug-likeness (QED) is 0.813. The molecule has 0 atom stereocenters. The first kappa shape index (κ1) is 16.6. The summed E-state index contributed by atoms with van der Waals surface area (Å²) < 4.78 is 6.63. The average molecular weight is 367 g/mol. The minimum Gasteiger partial charge on any atom is -0.419 e. The van der Waals surface area contributed by atoms with E-state index in [0.717, 1.165) is 16.6 Å². The van der Waals surface area contributed by atoms with E-state index in [4.69, 9.17) is 10.2 Å². The third kappa shape index (κ3) is 4.92. The Bertz CT molecular complexity index is 642. The van der Waals surface area contributed by atoms with Crippen LogP contribution in [0, 0.1) is 5.92 Å². The zero-order chi connectivity index (χ0) is 16.1. The first-order valence-corrected chi connectivity index (χ1v) is 7.82. The SMILES string of the molecule is CC(C)CN(CC(N)=O)Cc1nnc(-c2cccc(Br)c2)o1. The van der Waals surface area contributed by atoms with Crippen molar-refractivity contribution < 1.29 is 9.21 Å². The number of hydrogen-bond donors (Lipinski definition) is 1. The Balaban J connectivity index is 2.11. The highest BCUT2D eigenvalue weighted by Crippen LogP contribution is 2.22. The van der Waals surface area contributed by atoms with Gasteiger partial charge in [-0.3, -0.25) is 9.69 Å². The van der Waals surface area contributed by atoms with Crippen molar-refractivity contribution >= 4 is 21.8 Å². The summed E-state index contributed by atoms with van der Waals surface area (Å²) in [5.74, 6) is 0.968. The van der Waals surface area contributed by atoms with Crippen LogP contribution in [0.2, 0.25) is 0 Å². The number of hydrogen-bond acceptors (Lipinski definition) is 5. The van der Waals surface area contributed by atoms with Crippen LogP contribution in [0.1, 0.15) is 19.7 Å². The molecular weight excluding hydrogens is 348 g/mol. The Hall–Kier alpha value is -1.73. The number of rotatable bonds is 7. The number of aromatic nitrogens is 2. The van der Waals surface area contributed by atoms with Crippen molar-refractivity contribution in [2.45, 2.75) is 20.4 Å². The maximum absolute atomic E-state index is 11.2. The Kier molecular flexibility index (Phi) is 5.68. The van der Waals surface area contributed by atoms with Crippen molar-refractivity contribution in [3.8, 4) is 11.5 Å². The fraction of sp³-hybridized carbons (Fsp3) is 0.400. The van der Waals surface area contributed by atoms with Crippen LogP contribution in [-0.4, -0.2) is 34.1 Å². The van der Waals surface area contributed by atoms with Gasteiger partial charge in [-0.25, -0.2) is 0 Å². The molecule has 0 fully saturated rings. The third-order valence-electron chi connectivity index (χ3n) is 2.90. The normalized spacial score (nSPS) is 11.3. The topological polar surface area (TPSA) is 85.2 Å². The maximum Gasteiger partial charge on any atom is 0.247 e. The predicted molar refractivity (Wildman–Crippen MR) is 86.7 cm³/mol. The highest BCUT2D eigenvalue weighted by Gasteiger charge is 2.15. The van der Waals surface area contributed by atoms with Gasteiger partial charge in [0, 0.05) is 16.6 Å². The van der Waals surface area contributed by atoms with E-state index in [9.17, 15) is 4.79 Å². The van der Waals surface area contributed by atoms with Crippen molar-refractivity contribution in [3.05, 3.63) is 34.6 Å². The lowest BCUT2D eigenvalue weighted by Gasteiger charge is -2.20. The summed E-state index contributed by atoms with van der Waals surface area (Å²) in [5.41, 5.74) is 6.13. The van der Waals surface area contributed by atoms with Gasteiger partial charge in [0.15, 0.2) is 0 Å². The van der Waals surface area contributed by atoms with Gasteiger partial charge in [-0.15, -0.1) is 10.2 Å². The standard InChI is InChI=1S/C15H19BrN4O2/c1-10(2)7-20(8-13(17)21)9-14-18-19-15(22-14)11-4-3-5-12(16)6-11/h3-6,10H,7-9H2,1-2H3,(H2,17,21). The molecule has 2 N–H and O–H groups in total. The molecule has 2 aromatic rings. The molecule has 0 aliphatic carbocycles. The average Bonchev–Trinajstić information content (AvgIpc) is 2.85. The second-order valence-electron chi connectivity index (χ2n) is 5.54. The second kappa shape index (κ2) is 7.51. The molecule has 22 heavy (non-hydrogen) atoms. The molecule has 0 aliphatic heterocycles. The lowest BCUT2D eigenvalue weighted by Crippen LogP contribution is -2.35. The fourth-order valence-electron chi connectivity index (χ4n) is 2.17. The van der Waals surface area contributed by atoms with Crippen LogP contribution in [0.4, 0.5) is 0 Å². The summed E-state index contributed by atoms with van der Waals surface area (Å²) in [6.07, 6.45) is 0. The molecule has 0 unspecified atom stereocenters. The first-order chi connectivity index (χ1) is 10.4. The van der Waals surface area contributed by atoms with Crippen LogP contribution >= 0.6 is 15.9 Å². The Morgan fingerprint density at radius 3 is 2.82 bits per heavy atom. The van der Waals surface area contributed by atoms with Crippen LogP contribution in [-0.2, 0) is 11.3 Å². The van der Waals surface area contributed by atoms with Gasteiger partial charge in [0.25, 0.3) is 0 Å². The van der Waals surface area contributed by atoms with E-state index in [-0.39, 0.29) is 12.5 Å². The minimum atomic E-state index is -0.368. The van der Waals surface area contributed by atoms with Gasteiger partial charge in [0.1, 0.15) is 0 Å². The maximum atomic E-state index is 11.2. The summed E-state index contributed by atoms with van der Waals surface area (Å²) >= 11 is 3.41. The first-order valence-electron chi connectivity index (χ1n) is 7.03. The minimum absolute atomic E-state index is 0.173. The van der Waals surface area contributed by atoms with E-state index in [1.165, 1.54) is 0 Å². The molecule has 0 saturated heterocycles. The van der Waals surface area contributed by atoms with Gasteiger partial charge < -0.3 is 10.2 Å². The summed E-state index contributed by atoms with van der Waals surface area (Å²) in [6, 6.07) is 7.64. The molecule has 1 heterocycles. The highest BCUT2D eigenvalue weighted by molar-refractivity contribution is 9.10. The monoisotopic (exact) mass is 366 g/mol. The zero-order valence-corrected chi connectivity index (χ0v) is 14.2. The summed E-state index contributed by atoms with van der Waals surface area (Å²) in [6.45, 7) is 5.47. The van der Waals surface area contributed by atoms with Crippen LogP contribution < -0.4 is 5.73 Å². The van der Waals surface area contributed by atoms with E-state index in [1.807, 2.05) is 29.2 Å². The number of nitrogens with two attached hydrogens (primary N) is 1. The number of benzene rings is 1. The number of primary amides is 1. The van der Waals surface area contributed by atoms with E-state index >= 15 is 0 Å². The van der Waals surface area contributed by atoms with Gasteiger partial charge in [0.2, 0.25) is 17.7 Å². The molecule has 6 nitrogen and oxygen atoms in total. The molecule has 0 aliphatic rings. The zero-order valence-electron chi connectivity index (χ0n) is 12.6. The molecule has 1 amide bonds. The summed E-state index contributed by atoms with van der Waals surface area (Å²) in [4.78, 5) is 13.1. The lowest BCUT2D eigenvalue weighted by molar-refractivity contribution is -0.119. The van der Waals surface area contributed by atoms with Crippen molar-refractivity contribution in [1.29, 1.82) is 0 Å². The summed E-state index contributed by atoms with van der Waals surface area (Å²) in [7, 11) is 0. The van der Waals surface area contributed by atoms with Gasteiger partial charge in [-0.1, -0.05) is 35.8 Å². The van der Waals surface area contributed by atoms with Crippen LogP contribution in [0.5, 0.6) is 0 Å². The van der Waals surface area contributed by atoms with Crippen molar-refractivity contribution in [2.75, 3.05) is 13.1 Å². The largest absolute Gasteiger partial charge is 0.419 e. The molecular formula is C15H19BrN4O2. The second-order valence-corrected chi connectivity index (χ2v) is 6.46. The van der Waals surface area contributed by atoms with E-state index in [1.54, 1.807) is 0 Å². The molecule has 7 heteroatoms. The smallest absolute Gasteiger partial charge is 0.247 e. The van der Waals surface area contributed by atoms with Crippen LogP contribution in [0.25, 0.3) is 11.5 Å². The number of halogens is 1. The summed E-state index contributed by atoms with van der Waals surface area (Å²) in [5, 5.41) is 8.11. The molecule has 118 valence electrons. The van der Waals surface area contributed by atoms with Gasteiger partial charge in [-0.2, -0.15) is 0 Å². The number of nitrogens with zero attached hydrogens (tertiary/aromatic N) is 3.